The highest BCUT2D eigenvalue weighted by Gasteiger charge is 2.14. The van der Waals surface area contributed by atoms with E-state index in [9.17, 15) is 12.8 Å². The van der Waals surface area contributed by atoms with Gasteiger partial charge in [0.05, 0.1) is 12.3 Å². The Morgan fingerprint density at radius 3 is 2.82 bits per heavy atom. The van der Waals surface area contributed by atoms with Crippen LogP contribution in [0.3, 0.4) is 0 Å². The number of halogens is 1. The molecular formula is C10H12FN3O2S. The Morgan fingerprint density at radius 2 is 2.18 bits per heavy atom. The minimum atomic E-state index is -3.71. The molecule has 0 aliphatic carbocycles. The van der Waals surface area contributed by atoms with E-state index in [0.29, 0.717) is 19.3 Å². The van der Waals surface area contributed by atoms with Gasteiger partial charge in [0.25, 0.3) is 0 Å². The average Bonchev–Trinajstić information content (AvgIpc) is 2.29. The lowest BCUT2D eigenvalue weighted by atomic mass is 10.2. The first-order valence-corrected chi connectivity index (χ1v) is 6.52. The molecule has 17 heavy (non-hydrogen) atoms. The van der Waals surface area contributed by atoms with Crippen LogP contribution in [0, 0.1) is 17.1 Å². The van der Waals surface area contributed by atoms with Gasteiger partial charge in [0, 0.05) is 19.2 Å². The molecule has 0 aliphatic heterocycles. The summed E-state index contributed by atoms with van der Waals surface area (Å²) in [6.45, 7) is 0.223. The molecule has 0 aliphatic rings. The number of nitrogens with zero attached hydrogens (tertiary/aromatic N) is 2. The minimum absolute atomic E-state index is 0.196. The summed E-state index contributed by atoms with van der Waals surface area (Å²) in [6.07, 6.45) is 3.60. The predicted molar refractivity (Wildman–Crippen MR) is 58.8 cm³/mol. The second kappa shape index (κ2) is 6.27. The Hall–Kier alpha value is -1.52. The van der Waals surface area contributed by atoms with Gasteiger partial charge in [-0.3, -0.25) is 4.98 Å². The molecule has 1 rings (SSSR count). The number of hydrogen-bond donors (Lipinski definition) is 1. The number of rotatable bonds is 6. The molecule has 92 valence electrons. The number of hydrogen-bond acceptors (Lipinski definition) is 4. The van der Waals surface area contributed by atoms with Gasteiger partial charge in [0.1, 0.15) is 10.7 Å². The third-order valence-electron chi connectivity index (χ3n) is 2.00. The van der Waals surface area contributed by atoms with Crippen LogP contribution in [0.2, 0.25) is 0 Å². The lowest BCUT2D eigenvalue weighted by Crippen LogP contribution is -2.25. The number of pyridine rings is 1. The second-order valence-electron chi connectivity index (χ2n) is 3.35. The van der Waals surface area contributed by atoms with Gasteiger partial charge >= 0.3 is 0 Å². The van der Waals surface area contributed by atoms with Gasteiger partial charge in [-0.25, -0.2) is 17.5 Å². The van der Waals surface area contributed by atoms with E-state index in [0.717, 1.165) is 18.5 Å². The van der Waals surface area contributed by atoms with Gasteiger partial charge < -0.3 is 0 Å². The van der Waals surface area contributed by atoms with Gasteiger partial charge in [-0.2, -0.15) is 5.26 Å². The van der Waals surface area contributed by atoms with Crippen LogP contribution in [-0.4, -0.2) is 19.9 Å². The number of sulfonamides is 1. The Morgan fingerprint density at radius 1 is 1.41 bits per heavy atom. The van der Waals surface area contributed by atoms with E-state index in [-0.39, 0.29) is 11.4 Å². The summed E-state index contributed by atoms with van der Waals surface area (Å²) in [5.41, 5.74) is 0. The van der Waals surface area contributed by atoms with E-state index in [2.05, 4.69) is 9.71 Å². The van der Waals surface area contributed by atoms with Crippen molar-refractivity contribution in [1.29, 1.82) is 5.26 Å². The maximum atomic E-state index is 12.8. The van der Waals surface area contributed by atoms with Gasteiger partial charge in [-0.05, 0) is 18.9 Å². The zero-order chi connectivity index (χ0) is 12.7. The first kappa shape index (κ1) is 13.5. The molecule has 5 nitrogen and oxygen atoms in total. The van der Waals surface area contributed by atoms with E-state index in [4.69, 9.17) is 5.26 Å². The Balaban J connectivity index is 2.55. The van der Waals surface area contributed by atoms with E-state index >= 15 is 0 Å². The van der Waals surface area contributed by atoms with Gasteiger partial charge in [0.15, 0.2) is 0 Å². The molecule has 0 aromatic carbocycles. The molecule has 1 N–H and O–H groups in total. The average molecular weight is 257 g/mol. The SMILES string of the molecule is N#CCCCCNS(=O)(=O)c1cncc(F)c1. The van der Waals surface area contributed by atoms with E-state index in [1.807, 2.05) is 6.07 Å². The Labute approximate surface area is 99.3 Å². The summed E-state index contributed by atoms with van der Waals surface area (Å²) in [5.74, 6) is -0.697. The summed E-state index contributed by atoms with van der Waals surface area (Å²) in [4.78, 5) is 3.27. The van der Waals surface area contributed by atoms with Crippen LogP contribution in [-0.2, 0) is 10.0 Å². The molecule has 1 aromatic heterocycles. The van der Waals surface area contributed by atoms with Gasteiger partial charge in [-0.1, -0.05) is 0 Å². The fourth-order valence-electron chi connectivity index (χ4n) is 1.16. The smallest absolute Gasteiger partial charge is 0.242 e. The summed E-state index contributed by atoms with van der Waals surface area (Å²) in [7, 11) is -3.71. The number of nitriles is 1. The topological polar surface area (TPSA) is 82.9 Å². The van der Waals surface area contributed by atoms with Gasteiger partial charge in [0.2, 0.25) is 10.0 Å². The lowest BCUT2D eigenvalue weighted by Gasteiger charge is -2.05. The van der Waals surface area contributed by atoms with Crippen molar-refractivity contribution in [2.45, 2.75) is 24.2 Å². The maximum Gasteiger partial charge on any atom is 0.242 e. The summed E-state index contributed by atoms with van der Waals surface area (Å²) < 4.78 is 38.4. The van der Waals surface area contributed by atoms with Crippen molar-refractivity contribution in [2.24, 2.45) is 0 Å². The molecule has 0 spiro atoms. The van der Waals surface area contributed by atoms with Crippen LogP contribution in [0.25, 0.3) is 0 Å². The Kier molecular flexibility index (Phi) is 5.00. The maximum absolute atomic E-state index is 12.8. The number of nitrogens with one attached hydrogen (secondary N) is 1. The highest BCUT2D eigenvalue weighted by atomic mass is 32.2. The van der Waals surface area contributed by atoms with Crippen LogP contribution in [0.5, 0.6) is 0 Å². The van der Waals surface area contributed by atoms with E-state index < -0.39 is 15.8 Å². The largest absolute Gasteiger partial charge is 0.260 e. The van der Waals surface area contributed by atoms with Crippen LogP contribution in [0.1, 0.15) is 19.3 Å². The summed E-state index contributed by atoms with van der Waals surface area (Å²) in [6, 6.07) is 2.88. The van der Waals surface area contributed by atoms with Crippen molar-refractivity contribution in [3.63, 3.8) is 0 Å². The van der Waals surface area contributed by atoms with Crippen molar-refractivity contribution in [2.75, 3.05) is 6.54 Å². The van der Waals surface area contributed by atoms with Crippen LogP contribution >= 0.6 is 0 Å². The third-order valence-corrected chi connectivity index (χ3v) is 3.43. The lowest BCUT2D eigenvalue weighted by molar-refractivity contribution is 0.572. The molecule has 0 fully saturated rings. The monoisotopic (exact) mass is 257 g/mol. The van der Waals surface area contributed by atoms with Crippen molar-refractivity contribution in [3.8, 4) is 6.07 Å². The molecule has 0 saturated carbocycles. The molecule has 0 atom stereocenters. The molecule has 0 amide bonds. The zero-order valence-electron chi connectivity index (χ0n) is 9.06. The highest BCUT2D eigenvalue weighted by molar-refractivity contribution is 7.89. The molecule has 7 heteroatoms. The summed E-state index contributed by atoms with van der Waals surface area (Å²) in [5, 5.41) is 8.30. The zero-order valence-corrected chi connectivity index (χ0v) is 9.87. The Bertz CT molecular complexity index is 511. The number of unbranched alkanes of at least 4 members (excludes halogenated alkanes) is 2. The molecule has 1 aromatic rings. The summed E-state index contributed by atoms with van der Waals surface area (Å²) >= 11 is 0. The van der Waals surface area contributed by atoms with Crippen molar-refractivity contribution in [3.05, 3.63) is 24.3 Å². The fourth-order valence-corrected chi connectivity index (χ4v) is 2.21. The predicted octanol–water partition coefficient (Wildman–Crippen LogP) is 1.19. The molecule has 0 saturated heterocycles. The quantitative estimate of drug-likeness (QED) is 0.776. The number of aromatic nitrogens is 1. The molecule has 1 heterocycles. The highest BCUT2D eigenvalue weighted by Crippen LogP contribution is 2.08. The molecule has 0 bridgehead atoms. The van der Waals surface area contributed by atoms with Crippen LogP contribution < -0.4 is 4.72 Å². The molecular weight excluding hydrogens is 245 g/mol. The van der Waals surface area contributed by atoms with Crippen LogP contribution in [0.15, 0.2) is 23.4 Å². The first-order chi connectivity index (χ1) is 8.06. The van der Waals surface area contributed by atoms with E-state index in [1.165, 1.54) is 0 Å². The molecule has 0 radical (unpaired) electrons. The van der Waals surface area contributed by atoms with Gasteiger partial charge in [-0.15, -0.1) is 0 Å². The van der Waals surface area contributed by atoms with E-state index in [1.54, 1.807) is 0 Å². The fraction of sp³-hybridized carbons (Fsp3) is 0.400. The van der Waals surface area contributed by atoms with Crippen molar-refractivity contribution < 1.29 is 12.8 Å². The normalized spacial score (nSPS) is 11.1. The first-order valence-electron chi connectivity index (χ1n) is 5.03. The second-order valence-corrected chi connectivity index (χ2v) is 5.12. The van der Waals surface area contributed by atoms with Crippen LogP contribution in [0.4, 0.5) is 4.39 Å². The standard InChI is InChI=1S/C10H12FN3O2S/c11-9-6-10(8-13-7-9)17(15,16)14-5-3-1-2-4-12/h6-8,14H,1-3,5H2. The molecule has 0 unspecified atom stereocenters. The van der Waals surface area contributed by atoms with Crippen molar-refractivity contribution in [1.82, 2.24) is 9.71 Å². The van der Waals surface area contributed by atoms with Crippen molar-refractivity contribution >= 4 is 10.0 Å². The third kappa shape index (κ3) is 4.46. The minimum Gasteiger partial charge on any atom is -0.260 e.